The predicted molar refractivity (Wildman–Crippen MR) is 124 cm³/mol. The summed E-state index contributed by atoms with van der Waals surface area (Å²) >= 11 is 0. The van der Waals surface area contributed by atoms with E-state index in [1.54, 1.807) is 0 Å². The molecule has 1 heterocycles. The molecule has 1 saturated heterocycles. The second-order valence-corrected chi connectivity index (χ2v) is 8.06. The summed E-state index contributed by atoms with van der Waals surface area (Å²) in [6, 6.07) is 24.4. The molecule has 0 saturated carbocycles. The number of hydrogen-bond donors (Lipinski definition) is 2. The Bertz CT molecular complexity index is 1030. The van der Waals surface area contributed by atoms with Crippen LogP contribution < -0.4 is 10.6 Å². The highest BCUT2D eigenvalue weighted by Crippen LogP contribution is 2.22. The Morgan fingerprint density at radius 2 is 1.77 bits per heavy atom. The highest BCUT2D eigenvalue weighted by atomic mass is 16.2. The lowest BCUT2D eigenvalue weighted by atomic mass is 10.0. The van der Waals surface area contributed by atoms with Gasteiger partial charge in [0, 0.05) is 26.2 Å². The molecule has 3 aromatic rings. The highest BCUT2D eigenvalue weighted by Gasteiger charge is 2.31. The molecule has 1 aliphatic rings. The number of nitrogens with zero attached hydrogens (tertiary/aromatic N) is 1. The molecule has 2 amide bonds. The van der Waals surface area contributed by atoms with Crippen molar-refractivity contribution >= 4 is 22.6 Å². The smallest absolute Gasteiger partial charge is 0.237 e. The lowest BCUT2D eigenvalue weighted by Gasteiger charge is -2.35. The number of benzene rings is 3. The summed E-state index contributed by atoms with van der Waals surface area (Å²) in [6.07, 6.45) is 1.99. The first kappa shape index (κ1) is 21.1. The van der Waals surface area contributed by atoms with E-state index in [2.05, 4.69) is 58.0 Å². The molecule has 0 aromatic heterocycles. The molecule has 160 valence electrons. The Morgan fingerprint density at radius 3 is 2.65 bits per heavy atom. The van der Waals surface area contributed by atoms with Crippen molar-refractivity contribution < 1.29 is 9.59 Å². The molecule has 1 unspecified atom stereocenters. The van der Waals surface area contributed by atoms with E-state index in [0.29, 0.717) is 19.6 Å². The summed E-state index contributed by atoms with van der Waals surface area (Å²) in [5.74, 6) is -0.135. The highest BCUT2D eigenvalue weighted by molar-refractivity contribution is 5.89. The minimum Gasteiger partial charge on any atom is -0.356 e. The lowest BCUT2D eigenvalue weighted by molar-refractivity contribution is -0.134. The van der Waals surface area contributed by atoms with Crippen LogP contribution in [0.2, 0.25) is 0 Å². The number of amides is 2. The van der Waals surface area contributed by atoms with E-state index in [1.807, 2.05) is 30.3 Å². The largest absolute Gasteiger partial charge is 0.356 e. The van der Waals surface area contributed by atoms with Crippen LogP contribution in [0.3, 0.4) is 0 Å². The minimum atomic E-state index is -0.443. The van der Waals surface area contributed by atoms with Crippen LogP contribution in [0.1, 0.15) is 24.0 Å². The van der Waals surface area contributed by atoms with Crippen molar-refractivity contribution in [2.45, 2.75) is 31.8 Å². The van der Waals surface area contributed by atoms with E-state index >= 15 is 0 Å². The van der Waals surface area contributed by atoms with Crippen molar-refractivity contribution in [1.29, 1.82) is 0 Å². The molecule has 0 spiro atoms. The van der Waals surface area contributed by atoms with Crippen LogP contribution in [0, 0.1) is 0 Å². The third-order valence-corrected chi connectivity index (χ3v) is 5.88. The van der Waals surface area contributed by atoms with Gasteiger partial charge >= 0.3 is 0 Å². The van der Waals surface area contributed by atoms with Gasteiger partial charge in [0.05, 0.1) is 12.5 Å². The molecule has 1 aliphatic heterocycles. The number of rotatable bonds is 8. The molecular formula is C26H29N3O2. The van der Waals surface area contributed by atoms with Gasteiger partial charge in [0.25, 0.3) is 0 Å². The normalized spacial score (nSPS) is 16.8. The van der Waals surface area contributed by atoms with Gasteiger partial charge in [0.1, 0.15) is 0 Å². The quantitative estimate of drug-likeness (QED) is 0.555. The van der Waals surface area contributed by atoms with Gasteiger partial charge in [-0.3, -0.25) is 14.5 Å². The van der Waals surface area contributed by atoms with Gasteiger partial charge in [-0.05, 0) is 34.7 Å². The maximum Gasteiger partial charge on any atom is 0.237 e. The van der Waals surface area contributed by atoms with Gasteiger partial charge in [-0.15, -0.1) is 0 Å². The molecule has 0 bridgehead atoms. The van der Waals surface area contributed by atoms with Gasteiger partial charge < -0.3 is 10.6 Å². The summed E-state index contributed by atoms with van der Waals surface area (Å²) < 4.78 is 0. The van der Waals surface area contributed by atoms with Crippen LogP contribution in [0.4, 0.5) is 0 Å². The molecule has 1 atom stereocenters. The maximum absolute atomic E-state index is 12.6. The maximum atomic E-state index is 12.6. The summed E-state index contributed by atoms with van der Waals surface area (Å²) in [6.45, 7) is 2.62. The summed E-state index contributed by atoms with van der Waals surface area (Å²) in [5.41, 5.74) is 2.45. The van der Waals surface area contributed by atoms with Gasteiger partial charge in [0.2, 0.25) is 11.8 Å². The molecule has 1 fully saturated rings. The average Bonchev–Trinajstić information content (AvgIpc) is 2.80. The zero-order valence-corrected chi connectivity index (χ0v) is 17.7. The van der Waals surface area contributed by atoms with Gasteiger partial charge in [-0.2, -0.15) is 0 Å². The summed E-state index contributed by atoms with van der Waals surface area (Å²) in [4.78, 5) is 27.3. The molecule has 2 N–H and O–H groups in total. The minimum absolute atomic E-state index is 0.0640. The predicted octanol–water partition coefficient (Wildman–Crippen LogP) is 3.28. The van der Waals surface area contributed by atoms with Crippen molar-refractivity contribution in [2.75, 3.05) is 19.6 Å². The third-order valence-electron chi connectivity index (χ3n) is 5.88. The molecular weight excluding hydrogens is 386 g/mol. The molecule has 31 heavy (non-hydrogen) atoms. The first-order valence-corrected chi connectivity index (χ1v) is 11.0. The first-order valence-electron chi connectivity index (χ1n) is 11.0. The van der Waals surface area contributed by atoms with Crippen LogP contribution >= 0.6 is 0 Å². The molecule has 5 heteroatoms. The van der Waals surface area contributed by atoms with E-state index < -0.39 is 6.04 Å². The van der Waals surface area contributed by atoms with Crippen molar-refractivity contribution in [1.82, 2.24) is 15.5 Å². The number of hydrogen-bond acceptors (Lipinski definition) is 3. The topological polar surface area (TPSA) is 61.4 Å². The van der Waals surface area contributed by atoms with E-state index in [-0.39, 0.29) is 18.2 Å². The van der Waals surface area contributed by atoms with Crippen LogP contribution in [0.5, 0.6) is 0 Å². The monoisotopic (exact) mass is 415 g/mol. The van der Waals surface area contributed by atoms with Crippen molar-refractivity contribution in [3.63, 3.8) is 0 Å². The molecule has 3 aromatic carbocycles. The number of carbonyl (C=O) groups is 2. The molecule has 4 rings (SSSR count). The van der Waals surface area contributed by atoms with Crippen molar-refractivity contribution in [3.05, 3.63) is 83.9 Å². The van der Waals surface area contributed by atoms with E-state index in [0.717, 1.165) is 19.4 Å². The number of nitrogens with one attached hydrogen (secondary N) is 2. The molecule has 0 radical (unpaired) electrons. The van der Waals surface area contributed by atoms with Crippen molar-refractivity contribution in [2.24, 2.45) is 0 Å². The second-order valence-electron chi connectivity index (χ2n) is 8.06. The Labute approximate surface area is 183 Å². The third kappa shape index (κ3) is 5.50. The SMILES string of the molecule is O=C(CC1C(=O)NCCN1Cc1cccc2ccccc12)NCCCc1ccccc1. The van der Waals surface area contributed by atoms with Crippen LogP contribution in [-0.2, 0) is 22.6 Å². The van der Waals surface area contributed by atoms with Crippen molar-refractivity contribution in [3.8, 4) is 0 Å². The standard InChI is InChI=1S/C26H29N3O2/c30-25(27-15-7-10-20-8-2-1-3-9-20)18-24-26(31)28-16-17-29(24)19-22-13-6-12-21-11-4-5-14-23(21)22/h1-6,8-9,11-14,24H,7,10,15-19H2,(H,27,30)(H,28,31). The fraction of sp³-hybridized carbons (Fsp3) is 0.308. The van der Waals surface area contributed by atoms with Crippen LogP contribution in [-0.4, -0.2) is 42.4 Å². The van der Waals surface area contributed by atoms with Gasteiger partial charge in [-0.25, -0.2) is 0 Å². The van der Waals surface area contributed by atoms with Gasteiger partial charge in [0.15, 0.2) is 0 Å². The van der Waals surface area contributed by atoms with E-state index in [4.69, 9.17) is 0 Å². The number of carbonyl (C=O) groups excluding carboxylic acids is 2. The van der Waals surface area contributed by atoms with Gasteiger partial charge in [-0.1, -0.05) is 72.8 Å². The van der Waals surface area contributed by atoms with E-state index in [9.17, 15) is 9.59 Å². The fourth-order valence-electron chi connectivity index (χ4n) is 4.24. The molecule has 5 nitrogen and oxygen atoms in total. The Hall–Kier alpha value is -3.18. The lowest BCUT2D eigenvalue weighted by Crippen LogP contribution is -2.56. The second kappa shape index (κ2) is 10.2. The summed E-state index contributed by atoms with van der Waals surface area (Å²) in [5, 5.41) is 8.29. The van der Waals surface area contributed by atoms with Crippen LogP contribution in [0.25, 0.3) is 10.8 Å². The Balaban J connectivity index is 1.35. The number of aryl methyl sites for hydroxylation is 1. The fourth-order valence-corrected chi connectivity index (χ4v) is 4.24. The first-order chi connectivity index (χ1) is 15.2. The Morgan fingerprint density at radius 1 is 1.00 bits per heavy atom. The van der Waals surface area contributed by atoms with E-state index in [1.165, 1.54) is 21.9 Å². The zero-order chi connectivity index (χ0) is 21.5. The number of fused-ring (bicyclic) bond motifs is 1. The Kier molecular flexibility index (Phi) is 6.95. The van der Waals surface area contributed by atoms with Crippen LogP contribution in [0.15, 0.2) is 72.8 Å². The molecule has 0 aliphatic carbocycles. The summed E-state index contributed by atoms with van der Waals surface area (Å²) in [7, 11) is 0. The average molecular weight is 416 g/mol. The number of piperazine rings is 1. The zero-order valence-electron chi connectivity index (χ0n) is 17.7.